The maximum atomic E-state index is 12.4. The fraction of sp³-hybridized carbons (Fsp3) is 0.200. The minimum atomic E-state index is -5.77. The molecule has 0 fully saturated rings. The number of alkyl halides is 3. The number of carboxylic acids is 1. The van der Waals surface area contributed by atoms with Gasteiger partial charge in [-0.25, -0.2) is 18.0 Å². The average molecular weight is 312 g/mol. The highest BCUT2D eigenvalue weighted by Crippen LogP contribution is 2.31. The molecule has 0 saturated carbocycles. The lowest BCUT2D eigenvalue weighted by Crippen LogP contribution is -2.24. The maximum Gasteiger partial charge on any atom is 0.501 e. The number of methoxy groups -OCH3 is 1. The number of aromatic carboxylic acids is 1. The van der Waals surface area contributed by atoms with Gasteiger partial charge in [-0.3, -0.25) is 0 Å². The van der Waals surface area contributed by atoms with E-state index in [2.05, 4.69) is 4.74 Å². The molecule has 0 amide bonds. The molecular weight excluding hydrogens is 305 g/mol. The van der Waals surface area contributed by atoms with Gasteiger partial charge in [0, 0.05) is 0 Å². The number of carboxylic acid groups (broad SMARTS) is 1. The predicted molar refractivity (Wildman–Crippen MR) is 58.0 cm³/mol. The Morgan fingerprint density at radius 3 is 2.05 bits per heavy atom. The summed E-state index contributed by atoms with van der Waals surface area (Å²) in [5.41, 5.74) is -7.01. The van der Waals surface area contributed by atoms with Crippen LogP contribution in [-0.2, 0) is 14.6 Å². The molecule has 0 aliphatic rings. The summed E-state index contributed by atoms with van der Waals surface area (Å²) in [7, 11) is -4.86. The zero-order chi connectivity index (χ0) is 15.7. The summed E-state index contributed by atoms with van der Waals surface area (Å²) in [6.45, 7) is 0. The van der Waals surface area contributed by atoms with Gasteiger partial charge < -0.3 is 9.84 Å². The van der Waals surface area contributed by atoms with Gasteiger partial charge in [0.25, 0.3) is 9.84 Å². The molecule has 0 heterocycles. The van der Waals surface area contributed by atoms with Crippen molar-refractivity contribution in [3.05, 3.63) is 29.3 Å². The topological polar surface area (TPSA) is 97.7 Å². The van der Waals surface area contributed by atoms with Crippen molar-refractivity contribution in [3.8, 4) is 0 Å². The summed E-state index contributed by atoms with van der Waals surface area (Å²) < 4.78 is 63.9. The molecule has 0 unspecified atom stereocenters. The van der Waals surface area contributed by atoms with Gasteiger partial charge in [-0.2, -0.15) is 13.2 Å². The van der Waals surface area contributed by atoms with Crippen LogP contribution in [0.3, 0.4) is 0 Å². The van der Waals surface area contributed by atoms with E-state index in [4.69, 9.17) is 5.11 Å². The highest BCUT2D eigenvalue weighted by atomic mass is 32.2. The van der Waals surface area contributed by atoms with E-state index >= 15 is 0 Å². The van der Waals surface area contributed by atoms with Crippen molar-refractivity contribution in [1.29, 1.82) is 0 Å². The van der Waals surface area contributed by atoms with Gasteiger partial charge in [0.15, 0.2) is 0 Å². The lowest BCUT2D eigenvalue weighted by Gasteiger charge is -2.10. The van der Waals surface area contributed by atoms with Crippen molar-refractivity contribution in [1.82, 2.24) is 0 Å². The van der Waals surface area contributed by atoms with Gasteiger partial charge in [-0.15, -0.1) is 0 Å². The van der Waals surface area contributed by atoms with Crippen LogP contribution in [0.1, 0.15) is 20.7 Å². The van der Waals surface area contributed by atoms with Crippen molar-refractivity contribution in [3.63, 3.8) is 0 Å². The summed E-state index contributed by atoms with van der Waals surface area (Å²) in [6, 6.07) is 1.43. The van der Waals surface area contributed by atoms with Crippen LogP contribution in [0, 0.1) is 0 Å². The molecule has 0 aliphatic carbocycles. The number of ether oxygens (including phenoxy) is 1. The van der Waals surface area contributed by atoms with Gasteiger partial charge in [0.05, 0.1) is 23.1 Å². The van der Waals surface area contributed by atoms with Gasteiger partial charge in [-0.1, -0.05) is 0 Å². The number of sulfone groups is 1. The van der Waals surface area contributed by atoms with Crippen LogP contribution in [0.15, 0.2) is 23.1 Å². The number of carbonyl (C=O) groups is 2. The minimum Gasteiger partial charge on any atom is -0.478 e. The number of esters is 1. The first-order valence-electron chi connectivity index (χ1n) is 4.78. The van der Waals surface area contributed by atoms with E-state index in [-0.39, 0.29) is 0 Å². The highest BCUT2D eigenvalue weighted by molar-refractivity contribution is 7.92. The van der Waals surface area contributed by atoms with Gasteiger partial charge in [-0.05, 0) is 18.2 Å². The molecular formula is C10H7F3O6S. The first kappa shape index (κ1) is 16.0. The third-order valence-electron chi connectivity index (χ3n) is 2.19. The Morgan fingerprint density at radius 1 is 1.15 bits per heavy atom. The van der Waals surface area contributed by atoms with Gasteiger partial charge in [0.1, 0.15) is 0 Å². The molecule has 0 bridgehead atoms. The summed E-state index contributed by atoms with van der Waals surface area (Å²) in [5.74, 6) is -2.85. The minimum absolute atomic E-state index is 0.317. The zero-order valence-electron chi connectivity index (χ0n) is 9.76. The van der Waals surface area contributed by atoms with Crippen molar-refractivity contribution in [2.45, 2.75) is 10.4 Å². The molecule has 0 saturated heterocycles. The van der Waals surface area contributed by atoms with Crippen molar-refractivity contribution in [2.75, 3.05) is 7.11 Å². The first-order valence-corrected chi connectivity index (χ1v) is 6.27. The second-order valence-corrected chi connectivity index (χ2v) is 5.43. The second kappa shape index (κ2) is 5.12. The summed E-state index contributed by atoms with van der Waals surface area (Å²) in [4.78, 5) is 20.6. The quantitative estimate of drug-likeness (QED) is 0.849. The second-order valence-electron chi connectivity index (χ2n) is 3.49. The van der Waals surface area contributed by atoms with E-state index in [1.807, 2.05) is 0 Å². The number of halogens is 3. The highest BCUT2D eigenvalue weighted by Gasteiger charge is 2.47. The number of hydrogen-bond donors (Lipinski definition) is 1. The number of carbonyl (C=O) groups excluding carboxylic acids is 1. The summed E-state index contributed by atoms with van der Waals surface area (Å²) in [6.07, 6.45) is 0. The zero-order valence-corrected chi connectivity index (χ0v) is 10.6. The molecule has 1 rings (SSSR count). The lowest BCUT2D eigenvalue weighted by atomic mass is 10.1. The SMILES string of the molecule is COC(=O)c1cc(C(=O)O)cc(S(=O)(=O)C(F)(F)F)c1. The van der Waals surface area contributed by atoms with E-state index in [1.54, 1.807) is 0 Å². The first-order chi connectivity index (χ1) is 9.00. The van der Waals surface area contributed by atoms with Crippen LogP contribution < -0.4 is 0 Å². The van der Waals surface area contributed by atoms with E-state index < -0.39 is 43.3 Å². The van der Waals surface area contributed by atoms with Gasteiger partial charge >= 0.3 is 17.4 Å². The molecule has 6 nitrogen and oxygen atoms in total. The number of benzene rings is 1. The average Bonchev–Trinajstić information content (AvgIpc) is 2.35. The van der Waals surface area contributed by atoms with Crippen LogP contribution in [-0.4, -0.2) is 38.1 Å². The molecule has 0 radical (unpaired) electrons. The Bertz CT molecular complexity index is 662. The number of rotatable bonds is 3. The molecule has 1 N–H and O–H groups in total. The molecule has 1 aromatic rings. The molecule has 0 spiro atoms. The van der Waals surface area contributed by atoms with Crippen molar-refractivity contribution < 1.29 is 41.0 Å². The predicted octanol–water partition coefficient (Wildman–Crippen LogP) is 1.46. The van der Waals surface area contributed by atoms with Crippen LogP contribution in [0.5, 0.6) is 0 Å². The van der Waals surface area contributed by atoms with Crippen molar-refractivity contribution >= 4 is 21.8 Å². The monoisotopic (exact) mass is 312 g/mol. The van der Waals surface area contributed by atoms with Crippen LogP contribution in [0.4, 0.5) is 13.2 Å². The summed E-state index contributed by atoms with van der Waals surface area (Å²) >= 11 is 0. The fourth-order valence-electron chi connectivity index (χ4n) is 1.25. The van der Waals surface area contributed by atoms with E-state index in [0.29, 0.717) is 18.2 Å². The number of hydrogen-bond acceptors (Lipinski definition) is 5. The molecule has 20 heavy (non-hydrogen) atoms. The van der Waals surface area contributed by atoms with Crippen LogP contribution >= 0.6 is 0 Å². The summed E-state index contributed by atoms with van der Waals surface area (Å²) in [5, 5.41) is 8.73. The van der Waals surface area contributed by atoms with E-state index in [1.165, 1.54) is 0 Å². The van der Waals surface area contributed by atoms with E-state index in [0.717, 1.165) is 7.11 Å². The Hall–Kier alpha value is -2.10. The fourth-order valence-corrected chi connectivity index (χ4v) is 2.08. The third-order valence-corrected chi connectivity index (χ3v) is 3.66. The Balaban J connectivity index is 3.61. The van der Waals surface area contributed by atoms with E-state index in [9.17, 15) is 31.2 Å². The lowest BCUT2D eigenvalue weighted by molar-refractivity contribution is -0.0436. The van der Waals surface area contributed by atoms with Crippen LogP contribution in [0.25, 0.3) is 0 Å². The Kier molecular flexibility index (Phi) is 4.08. The normalized spacial score (nSPS) is 12.0. The maximum absolute atomic E-state index is 12.4. The third kappa shape index (κ3) is 2.90. The Morgan fingerprint density at radius 2 is 1.65 bits per heavy atom. The molecule has 0 aromatic heterocycles. The Labute approximate surface area is 110 Å². The molecule has 0 atom stereocenters. The van der Waals surface area contributed by atoms with Gasteiger partial charge in [0.2, 0.25) is 0 Å². The smallest absolute Gasteiger partial charge is 0.478 e. The molecule has 110 valence electrons. The van der Waals surface area contributed by atoms with Crippen molar-refractivity contribution in [2.24, 2.45) is 0 Å². The molecule has 10 heteroatoms. The van der Waals surface area contributed by atoms with Crippen LogP contribution in [0.2, 0.25) is 0 Å². The molecule has 1 aromatic carbocycles. The largest absolute Gasteiger partial charge is 0.501 e. The standard InChI is InChI=1S/C10H7F3O6S/c1-19-9(16)6-2-5(8(14)15)3-7(4-6)20(17,18)10(11,12)13/h2-4H,1H3,(H,14,15). The molecule has 0 aliphatic heterocycles.